The molecular formula is C12H9N3OS. The Hall–Kier alpha value is -2.19. The van der Waals surface area contributed by atoms with Crippen LogP contribution < -0.4 is 5.32 Å². The van der Waals surface area contributed by atoms with E-state index >= 15 is 0 Å². The Morgan fingerprint density at radius 1 is 1.53 bits per heavy atom. The molecule has 0 atom stereocenters. The molecule has 2 aromatic rings. The summed E-state index contributed by atoms with van der Waals surface area (Å²) in [6, 6.07) is 9.26. The van der Waals surface area contributed by atoms with E-state index in [1.807, 2.05) is 25.1 Å². The Labute approximate surface area is 103 Å². The molecule has 1 aromatic carbocycles. The predicted octanol–water partition coefficient (Wildman–Crippen LogP) is 2.58. The van der Waals surface area contributed by atoms with Crippen LogP contribution in [-0.4, -0.2) is 10.9 Å². The fourth-order valence-electron chi connectivity index (χ4n) is 1.34. The number of nitrogens with one attached hydrogen (secondary N) is 1. The first-order valence-corrected chi connectivity index (χ1v) is 5.74. The van der Waals surface area contributed by atoms with Gasteiger partial charge in [0, 0.05) is 5.56 Å². The Morgan fingerprint density at radius 2 is 2.35 bits per heavy atom. The SMILES string of the molecule is Cc1cccc(C(=O)Nc2ncc(C#N)s2)c1. The van der Waals surface area contributed by atoms with Gasteiger partial charge in [0.05, 0.1) is 6.20 Å². The van der Waals surface area contributed by atoms with Gasteiger partial charge in [-0.05, 0) is 19.1 Å². The number of hydrogen-bond donors (Lipinski definition) is 1. The highest BCUT2D eigenvalue weighted by Crippen LogP contribution is 2.17. The zero-order valence-corrected chi connectivity index (χ0v) is 9.91. The van der Waals surface area contributed by atoms with E-state index in [2.05, 4.69) is 10.3 Å². The zero-order valence-electron chi connectivity index (χ0n) is 9.10. The molecule has 0 aliphatic heterocycles. The third kappa shape index (κ3) is 2.68. The van der Waals surface area contributed by atoms with E-state index in [-0.39, 0.29) is 5.91 Å². The average Bonchev–Trinajstić information content (AvgIpc) is 2.77. The largest absolute Gasteiger partial charge is 0.298 e. The van der Waals surface area contributed by atoms with Gasteiger partial charge in [-0.2, -0.15) is 5.26 Å². The van der Waals surface area contributed by atoms with Crippen molar-refractivity contribution in [3.63, 3.8) is 0 Å². The van der Waals surface area contributed by atoms with Crippen LogP contribution in [0.15, 0.2) is 30.5 Å². The molecule has 0 aliphatic carbocycles. The number of nitriles is 1. The van der Waals surface area contributed by atoms with E-state index in [0.29, 0.717) is 15.6 Å². The van der Waals surface area contributed by atoms with Crippen LogP contribution in [0.1, 0.15) is 20.8 Å². The molecule has 84 valence electrons. The third-order valence-corrected chi connectivity index (χ3v) is 2.93. The van der Waals surface area contributed by atoms with Crippen molar-refractivity contribution in [3.05, 3.63) is 46.5 Å². The van der Waals surface area contributed by atoms with Gasteiger partial charge in [0.15, 0.2) is 5.13 Å². The molecule has 0 aliphatic rings. The number of aryl methyl sites for hydroxylation is 1. The number of hydrogen-bond acceptors (Lipinski definition) is 4. The fraction of sp³-hybridized carbons (Fsp3) is 0.0833. The molecule has 0 saturated carbocycles. The summed E-state index contributed by atoms with van der Waals surface area (Å²) in [6.45, 7) is 1.92. The van der Waals surface area contributed by atoms with E-state index in [4.69, 9.17) is 5.26 Å². The number of aromatic nitrogens is 1. The summed E-state index contributed by atoms with van der Waals surface area (Å²) in [6.07, 6.45) is 1.44. The van der Waals surface area contributed by atoms with Crippen LogP contribution >= 0.6 is 11.3 Å². The minimum atomic E-state index is -0.215. The summed E-state index contributed by atoms with van der Waals surface area (Å²) < 4.78 is 0. The maximum absolute atomic E-state index is 11.8. The van der Waals surface area contributed by atoms with Crippen molar-refractivity contribution in [2.75, 3.05) is 5.32 Å². The molecule has 17 heavy (non-hydrogen) atoms. The molecule has 4 nitrogen and oxygen atoms in total. The molecular weight excluding hydrogens is 234 g/mol. The van der Waals surface area contributed by atoms with Gasteiger partial charge in [-0.3, -0.25) is 10.1 Å². The maximum Gasteiger partial charge on any atom is 0.257 e. The molecule has 1 aromatic heterocycles. The van der Waals surface area contributed by atoms with Gasteiger partial charge < -0.3 is 0 Å². The first-order chi connectivity index (χ1) is 8.19. The molecule has 0 saturated heterocycles. The number of carbonyl (C=O) groups is 1. The lowest BCUT2D eigenvalue weighted by molar-refractivity contribution is 0.102. The van der Waals surface area contributed by atoms with Gasteiger partial charge >= 0.3 is 0 Å². The highest BCUT2D eigenvalue weighted by molar-refractivity contribution is 7.16. The molecule has 0 bridgehead atoms. The van der Waals surface area contributed by atoms with E-state index < -0.39 is 0 Å². The normalized spacial score (nSPS) is 9.65. The number of nitrogens with zero attached hydrogens (tertiary/aromatic N) is 2. The summed E-state index contributed by atoms with van der Waals surface area (Å²) in [4.78, 5) is 16.3. The number of thiazole rings is 1. The lowest BCUT2D eigenvalue weighted by Gasteiger charge is -2.01. The highest BCUT2D eigenvalue weighted by Gasteiger charge is 2.08. The third-order valence-electron chi connectivity index (χ3n) is 2.12. The van der Waals surface area contributed by atoms with Crippen molar-refractivity contribution in [2.45, 2.75) is 6.92 Å². The summed E-state index contributed by atoms with van der Waals surface area (Å²) in [5, 5.41) is 11.7. The number of carbonyl (C=O) groups excluding carboxylic acids is 1. The predicted molar refractivity (Wildman–Crippen MR) is 66.0 cm³/mol. The Bertz CT molecular complexity index is 598. The summed E-state index contributed by atoms with van der Waals surface area (Å²) >= 11 is 1.16. The van der Waals surface area contributed by atoms with E-state index in [0.717, 1.165) is 16.9 Å². The molecule has 2 rings (SSSR count). The van der Waals surface area contributed by atoms with Gasteiger partial charge in [-0.15, -0.1) is 0 Å². The van der Waals surface area contributed by atoms with Crippen LogP contribution in [0, 0.1) is 18.3 Å². The number of amides is 1. The maximum atomic E-state index is 11.8. The first kappa shape index (κ1) is 11.3. The summed E-state index contributed by atoms with van der Waals surface area (Å²) in [5.41, 5.74) is 1.60. The molecule has 1 amide bonds. The van der Waals surface area contributed by atoms with Crippen molar-refractivity contribution in [3.8, 4) is 6.07 Å². The van der Waals surface area contributed by atoms with Crippen LogP contribution in [0.5, 0.6) is 0 Å². The van der Waals surface area contributed by atoms with Crippen LogP contribution in [0.25, 0.3) is 0 Å². The highest BCUT2D eigenvalue weighted by atomic mass is 32.1. The molecule has 0 radical (unpaired) electrons. The summed E-state index contributed by atoms with van der Waals surface area (Å²) in [5.74, 6) is -0.215. The Balaban J connectivity index is 2.14. The number of benzene rings is 1. The smallest absolute Gasteiger partial charge is 0.257 e. The second-order valence-corrected chi connectivity index (χ2v) is 4.50. The lowest BCUT2D eigenvalue weighted by atomic mass is 10.1. The molecule has 0 fully saturated rings. The van der Waals surface area contributed by atoms with E-state index in [1.54, 1.807) is 12.1 Å². The molecule has 1 N–H and O–H groups in total. The number of rotatable bonds is 2. The zero-order chi connectivity index (χ0) is 12.3. The van der Waals surface area contributed by atoms with Crippen molar-refractivity contribution in [1.82, 2.24) is 4.98 Å². The first-order valence-electron chi connectivity index (χ1n) is 4.93. The molecule has 1 heterocycles. The van der Waals surface area contributed by atoms with Gasteiger partial charge in [0.2, 0.25) is 0 Å². The quantitative estimate of drug-likeness (QED) is 0.881. The Morgan fingerprint density at radius 3 is 3.00 bits per heavy atom. The van der Waals surface area contributed by atoms with Gasteiger partial charge in [-0.25, -0.2) is 4.98 Å². The van der Waals surface area contributed by atoms with Gasteiger partial charge in [-0.1, -0.05) is 29.0 Å². The lowest BCUT2D eigenvalue weighted by Crippen LogP contribution is -2.11. The minimum Gasteiger partial charge on any atom is -0.298 e. The average molecular weight is 243 g/mol. The minimum absolute atomic E-state index is 0.215. The van der Waals surface area contributed by atoms with Gasteiger partial charge in [0.1, 0.15) is 10.9 Å². The van der Waals surface area contributed by atoms with Crippen LogP contribution in [0.2, 0.25) is 0 Å². The Kier molecular flexibility index (Phi) is 3.17. The second kappa shape index (κ2) is 4.76. The monoisotopic (exact) mass is 243 g/mol. The standard InChI is InChI=1S/C12H9N3OS/c1-8-3-2-4-9(5-8)11(16)15-12-14-7-10(6-13)17-12/h2-5,7H,1H3,(H,14,15,16). The summed E-state index contributed by atoms with van der Waals surface area (Å²) in [7, 11) is 0. The molecule has 0 spiro atoms. The molecule has 0 unspecified atom stereocenters. The topological polar surface area (TPSA) is 65.8 Å². The van der Waals surface area contributed by atoms with Crippen molar-refractivity contribution in [2.24, 2.45) is 0 Å². The van der Waals surface area contributed by atoms with Crippen LogP contribution in [-0.2, 0) is 0 Å². The van der Waals surface area contributed by atoms with E-state index in [1.165, 1.54) is 6.20 Å². The van der Waals surface area contributed by atoms with Crippen molar-refractivity contribution < 1.29 is 4.79 Å². The van der Waals surface area contributed by atoms with Gasteiger partial charge in [0.25, 0.3) is 5.91 Å². The van der Waals surface area contributed by atoms with Crippen LogP contribution in [0.4, 0.5) is 5.13 Å². The molecule has 5 heteroatoms. The van der Waals surface area contributed by atoms with E-state index in [9.17, 15) is 4.79 Å². The van der Waals surface area contributed by atoms with Crippen molar-refractivity contribution >= 4 is 22.4 Å². The van der Waals surface area contributed by atoms with Crippen LogP contribution in [0.3, 0.4) is 0 Å². The van der Waals surface area contributed by atoms with Crippen molar-refractivity contribution in [1.29, 1.82) is 5.26 Å². The second-order valence-electron chi connectivity index (χ2n) is 3.47. The fourth-order valence-corrected chi connectivity index (χ4v) is 1.95. The number of anilines is 1.